The lowest BCUT2D eigenvalue weighted by atomic mass is 9.99. The Hall–Kier alpha value is -1.37. The van der Waals surface area contributed by atoms with Crippen molar-refractivity contribution in [2.75, 3.05) is 7.05 Å². The van der Waals surface area contributed by atoms with Crippen LogP contribution in [0, 0.1) is 5.21 Å². The number of fused-ring (bicyclic) bond motifs is 2. The summed E-state index contributed by atoms with van der Waals surface area (Å²) in [6.07, 6.45) is 2.43. The molecule has 6 heteroatoms. The summed E-state index contributed by atoms with van der Waals surface area (Å²) in [5.74, 6) is -0.431. The molecule has 20 heavy (non-hydrogen) atoms. The molecule has 5 atom stereocenters. The zero-order chi connectivity index (χ0) is 14.5. The van der Waals surface area contributed by atoms with E-state index in [4.69, 9.17) is 4.74 Å². The fraction of sp³-hybridized carbons (Fsp3) is 0.643. The lowest BCUT2D eigenvalue weighted by Gasteiger charge is -2.50. The minimum Gasteiger partial charge on any atom is -0.632 e. The normalized spacial score (nSPS) is 39.8. The van der Waals surface area contributed by atoms with Crippen molar-refractivity contribution in [2.45, 2.75) is 43.6 Å². The van der Waals surface area contributed by atoms with Crippen LogP contribution in [-0.4, -0.2) is 51.6 Å². The van der Waals surface area contributed by atoms with Gasteiger partial charge in [0.05, 0.1) is 13.1 Å². The molecule has 1 aromatic rings. The van der Waals surface area contributed by atoms with Crippen LogP contribution >= 0.6 is 0 Å². The first kappa shape index (κ1) is 13.6. The van der Waals surface area contributed by atoms with Gasteiger partial charge in [-0.15, -0.1) is 0 Å². The largest absolute Gasteiger partial charge is 0.632 e. The van der Waals surface area contributed by atoms with E-state index in [1.807, 2.05) is 0 Å². The first-order chi connectivity index (χ1) is 9.41. The van der Waals surface area contributed by atoms with E-state index >= 15 is 0 Å². The van der Waals surface area contributed by atoms with Crippen LogP contribution in [0.2, 0.25) is 0 Å². The van der Waals surface area contributed by atoms with Gasteiger partial charge in [0.25, 0.3) is 0 Å². The van der Waals surface area contributed by atoms with E-state index in [0.717, 1.165) is 0 Å². The summed E-state index contributed by atoms with van der Waals surface area (Å²) in [5, 5.41) is 22.7. The third-order valence-corrected chi connectivity index (χ3v) is 4.80. The average molecular weight is 280 g/mol. The van der Waals surface area contributed by atoms with Gasteiger partial charge in [0.15, 0.2) is 12.1 Å². The van der Waals surface area contributed by atoms with Gasteiger partial charge in [-0.1, -0.05) is 0 Å². The number of piperidine rings is 1. The third kappa shape index (κ3) is 1.95. The smallest absolute Gasteiger partial charge is 0.355 e. The molecule has 0 radical (unpaired) electrons. The molecule has 0 saturated carbocycles. The number of aryl methyl sites for hydroxylation is 1. The third-order valence-electron chi connectivity index (χ3n) is 4.80. The zero-order valence-electron chi connectivity index (χ0n) is 11.7. The molecule has 2 bridgehead atoms. The van der Waals surface area contributed by atoms with Crippen LogP contribution in [0.15, 0.2) is 18.3 Å². The molecule has 1 N–H and O–H groups in total. The maximum absolute atomic E-state index is 12.6. The molecule has 0 spiro atoms. The summed E-state index contributed by atoms with van der Waals surface area (Å²) in [5.41, 5.74) is 0.458. The first-order valence-electron chi connectivity index (χ1n) is 6.98. The highest BCUT2D eigenvalue weighted by Gasteiger charge is 2.55. The molecule has 0 amide bonds. The quantitative estimate of drug-likeness (QED) is 0.494. The molecular weight excluding hydrogens is 260 g/mol. The van der Waals surface area contributed by atoms with Gasteiger partial charge in [-0.2, -0.15) is 0 Å². The van der Waals surface area contributed by atoms with Gasteiger partial charge in [0.1, 0.15) is 11.8 Å². The zero-order valence-corrected chi connectivity index (χ0v) is 11.7. The minimum atomic E-state index is -0.684. The topological polar surface area (TPSA) is 74.5 Å². The van der Waals surface area contributed by atoms with E-state index in [1.165, 1.54) is 0 Å². The van der Waals surface area contributed by atoms with Crippen LogP contribution in [0.1, 0.15) is 29.8 Å². The van der Waals surface area contributed by atoms with Crippen molar-refractivity contribution in [3.63, 3.8) is 0 Å². The molecule has 0 aliphatic carbocycles. The number of nitrogens with zero attached hydrogens (tertiary/aromatic N) is 2. The number of likely N-dealkylation sites (N-methyl/N-ethyl adjacent to an activating group) is 1. The Morgan fingerprint density at radius 2 is 2.30 bits per heavy atom. The number of hydrogen-bond acceptors (Lipinski definition) is 4. The molecule has 110 valence electrons. The van der Waals surface area contributed by atoms with Gasteiger partial charge in [-0.3, -0.25) is 0 Å². The number of aliphatic hydroxyl groups excluding tert-OH is 1. The summed E-state index contributed by atoms with van der Waals surface area (Å²) in [4.78, 5) is 12.2. The van der Waals surface area contributed by atoms with Crippen molar-refractivity contribution in [1.82, 2.24) is 4.57 Å². The number of carbonyl (C=O) groups excluding carboxylic acids is 1. The number of quaternary nitrogens is 1. The molecular formula is C14H20N2O4. The van der Waals surface area contributed by atoms with E-state index in [1.54, 1.807) is 37.0 Å². The van der Waals surface area contributed by atoms with Gasteiger partial charge >= 0.3 is 5.97 Å². The predicted octanol–water partition coefficient (Wildman–Crippen LogP) is 0.790. The van der Waals surface area contributed by atoms with Crippen LogP contribution < -0.4 is 0 Å². The first-order valence-corrected chi connectivity index (χ1v) is 6.98. The molecule has 3 rings (SSSR count). The van der Waals surface area contributed by atoms with E-state index < -0.39 is 28.9 Å². The minimum absolute atomic E-state index is 0.0695. The predicted molar refractivity (Wildman–Crippen MR) is 71.6 cm³/mol. The van der Waals surface area contributed by atoms with Crippen molar-refractivity contribution in [2.24, 2.45) is 7.05 Å². The number of aliphatic hydroxyl groups is 1. The van der Waals surface area contributed by atoms with Crippen LogP contribution in [-0.2, 0) is 11.8 Å². The second-order valence-electron chi connectivity index (χ2n) is 6.03. The molecule has 2 aliphatic heterocycles. The summed E-state index contributed by atoms with van der Waals surface area (Å²) in [6.45, 7) is 0. The van der Waals surface area contributed by atoms with Gasteiger partial charge in [-0.05, 0) is 18.6 Å². The highest BCUT2D eigenvalue weighted by Crippen LogP contribution is 2.41. The number of hydrogen-bond donors (Lipinski definition) is 1. The fourth-order valence-corrected chi connectivity index (χ4v) is 3.69. The lowest BCUT2D eigenvalue weighted by molar-refractivity contribution is -0.907. The van der Waals surface area contributed by atoms with E-state index in [2.05, 4.69) is 0 Å². The van der Waals surface area contributed by atoms with Crippen molar-refractivity contribution >= 4 is 5.97 Å². The lowest BCUT2D eigenvalue weighted by Crippen LogP contribution is -2.59. The maximum atomic E-state index is 12.6. The maximum Gasteiger partial charge on any atom is 0.355 e. The Balaban J connectivity index is 1.78. The Kier molecular flexibility index (Phi) is 3.12. The second kappa shape index (κ2) is 4.58. The summed E-state index contributed by atoms with van der Waals surface area (Å²) in [6, 6.07) is 2.83. The molecule has 0 aromatic carbocycles. The number of aromatic nitrogens is 1. The summed E-state index contributed by atoms with van der Waals surface area (Å²) < 4.78 is 6.71. The van der Waals surface area contributed by atoms with Crippen molar-refractivity contribution in [3.05, 3.63) is 29.2 Å². The van der Waals surface area contributed by atoms with Gasteiger partial charge < -0.3 is 24.3 Å². The standard InChI is InChI=1S/C14H20N2O4/c1-15-7-3-4-10(15)14(18)20-12-6-5-9-8-11(17)13(12)16(9,2)19/h3-4,7,9,11-13,17H,5-6,8H2,1-2H3/t9-,11-,12-,13+,16?/m0/s1. The average Bonchev–Trinajstić information content (AvgIpc) is 2.81. The number of carbonyl (C=O) groups is 1. The number of rotatable bonds is 2. The number of esters is 1. The van der Waals surface area contributed by atoms with E-state index in [9.17, 15) is 15.1 Å². The molecule has 6 nitrogen and oxygen atoms in total. The second-order valence-corrected chi connectivity index (χ2v) is 6.03. The SMILES string of the molecule is Cn1cccc1C(=O)O[C@H]1CC[C@H]2C[C@H](O)[C@H]1[N+]2(C)[O-]. The molecule has 2 saturated heterocycles. The van der Waals surface area contributed by atoms with Crippen molar-refractivity contribution in [1.29, 1.82) is 0 Å². The number of hydroxylamine groups is 3. The van der Waals surface area contributed by atoms with E-state index in [-0.39, 0.29) is 6.04 Å². The van der Waals surface area contributed by atoms with Crippen molar-refractivity contribution in [3.8, 4) is 0 Å². The Labute approximate surface area is 117 Å². The Bertz CT molecular complexity index is 525. The summed E-state index contributed by atoms with van der Waals surface area (Å²) >= 11 is 0. The van der Waals surface area contributed by atoms with Crippen LogP contribution in [0.4, 0.5) is 0 Å². The van der Waals surface area contributed by atoms with Crippen LogP contribution in [0.5, 0.6) is 0 Å². The van der Waals surface area contributed by atoms with Gasteiger partial charge in [-0.25, -0.2) is 4.79 Å². The van der Waals surface area contributed by atoms with Crippen molar-refractivity contribution < 1.29 is 19.3 Å². The Morgan fingerprint density at radius 1 is 1.55 bits per heavy atom. The monoisotopic (exact) mass is 280 g/mol. The molecule has 1 aromatic heterocycles. The van der Waals surface area contributed by atoms with Gasteiger partial charge in [0, 0.05) is 26.1 Å². The van der Waals surface area contributed by atoms with Crippen LogP contribution in [0.3, 0.4) is 0 Å². The molecule has 1 unspecified atom stereocenters. The Morgan fingerprint density at radius 3 is 2.95 bits per heavy atom. The number of ether oxygens (including phenoxy) is 1. The highest BCUT2D eigenvalue weighted by molar-refractivity contribution is 5.87. The van der Waals surface area contributed by atoms with Crippen LogP contribution in [0.25, 0.3) is 0 Å². The molecule has 2 aliphatic rings. The van der Waals surface area contributed by atoms with E-state index in [0.29, 0.717) is 25.0 Å². The fourth-order valence-electron chi connectivity index (χ4n) is 3.69. The molecule has 3 heterocycles. The highest BCUT2D eigenvalue weighted by atomic mass is 16.6. The summed E-state index contributed by atoms with van der Waals surface area (Å²) in [7, 11) is 3.35. The van der Waals surface area contributed by atoms with Gasteiger partial charge in [0.2, 0.25) is 0 Å². The molecule has 2 fully saturated rings.